The van der Waals surface area contributed by atoms with Gasteiger partial charge in [-0.15, -0.1) is 0 Å². The van der Waals surface area contributed by atoms with Crippen LogP contribution in [0, 0.1) is 6.92 Å². The predicted molar refractivity (Wildman–Crippen MR) is 124 cm³/mol. The van der Waals surface area contributed by atoms with Crippen LogP contribution in [0.3, 0.4) is 0 Å². The van der Waals surface area contributed by atoms with Crippen LogP contribution in [0.5, 0.6) is 0 Å². The molecule has 1 amide bonds. The first-order chi connectivity index (χ1) is 13.8. The maximum Gasteiger partial charge on any atom is 0.250 e. The van der Waals surface area contributed by atoms with Crippen molar-refractivity contribution in [2.75, 3.05) is 5.32 Å². The van der Waals surface area contributed by atoms with Crippen molar-refractivity contribution in [1.82, 2.24) is 5.32 Å². The lowest BCUT2D eigenvalue weighted by molar-refractivity contribution is -0.115. The molecule has 0 fully saturated rings. The molecule has 3 aromatic rings. The van der Waals surface area contributed by atoms with Gasteiger partial charge in [0, 0.05) is 16.7 Å². The second-order valence-corrected chi connectivity index (χ2v) is 7.64. The number of thiocarbonyl (C=S) groups is 1. The third kappa shape index (κ3) is 5.61. The van der Waals surface area contributed by atoms with Gasteiger partial charge in [0.15, 0.2) is 5.11 Å². The van der Waals surface area contributed by atoms with E-state index in [0.29, 0.717) is 32.3 Å². The second-order valence-electron chi connectivity index (χ2n) is 6.04. The number of hydrogen-bond acceptors (Lipinski definition) is 3. The minimum absolute atomic E-state index is 0.0956. The summed E-state index contributed by atoms with van der Waals surface area (Å²) in [6, 6.07) is 14.3. The number of hydrogen-bond donors (Lipinski definition) is 2. The van der Waals surface area contributed by atoms with Crippen molar-refractivity contribution >= 4 is 69.8 Å². The standard InChI is InChI=1S/C21H15Cl3N2O2S/c1-12-5-6-13(11-16(12)23)18-9-7-14(28-18)8-10-19(27)26-21(29)25-17-4-2-3-15(22)20(17)24/h2-11H,1H3,(H2,25,26,27,29)/b10-8+. The third-order valence-corrected chi connectivity index (χ3v) is 5.35. The van der Waals surface area contributed by atoms with E-state index in [0.717, 1.165) is 11.1 Å². The fourth-order valence-corrected chi connectivity index (χ4v) is 3.15. The summed E-state index contributed by atoms with van der Waals surface area (Å²) in [5.41, 5.74) is 2.34. The summed E-state index contributed by atoms with van der Waals surface area (Å²) in [7, 11) is 0. The predicted octanol–water partition coefficient (Wildman–Crippen LogP) is 6.74. The Bertz CT molecular complexity index is 1110. The van der Waals surface area contributed by atoms with Gasteiger partial charge >= 0.3 is 0 Å². The molecule has 0 aliphatic carbocycles. The summed E-state index contributed by atoms with van der Waals surface area (Å²) in [6.45, 7) is 1.93. The molecule has 0 saturated heterocycles. The average Bonchev–Trinajstić information content (AvgIpc) is 3.15. The van der Waals surface area contributed by atoms with Crippen LogP contribution in [0.25, 0.3) is 17.4 Å². The third-order valence-electron chi connectivity index (χ3n) is 3.92. The summed E-state index contributed by atoms with van der Waals surface area (Å²) in [4.78, 5) is 12.1. The molecule has 2 aromatic carbocycles. The van der Waals surface area contributed by atoms with Crippen molar-refractivity contribution in [1.29, 1.82) is 0 Å². The van der Waals surface area contributed by atoms with E-state index in [1.807, 2.05) is 31.2 Å². The van der Waals surface area contributed by atoms with Gasteiger partial charge in [0.1, 0.15) is 11.5 Å². The lowest BCUT2D eigenvalue weighted by Gasteiger charge is -2.10. The van der Waals surface area contributed by atoms with Gasteiger partial charge < -0.3 is 9.73 Å². The van der Waals surface area contributed by atoms with Crippen molar-refractivity contribution < 1.29 is 9.21 Å². The highest BCUT2D eigenvalue weighted by Gasteiger charge is 2.08. The van der Waals surface area contributed by atoms with Gasteiger partial charge in [-0.25, -0.2) is 0 Å². The van der Waals surface area contributed by atoms with E-state index < -0.39 is 5.91 Å². The molecule has 148 valence electrons. The maximum absolute atomic E-state index is 12.1. The summed E-state index contributed by atoms with van der Waals surface area (Å²) >= 11 is 23.3. The molecule has 1 aromatic heterocycles. The fraction of sp³-hybridized carbons (Fsp3) is 0.0476. The minimum Gasteiger partial charge on any atom is -0.457 e. The summed E-state index contributed by atoms with van der Waals surface area (Å²) in [5, 5.41) is 6.82. The van der Waals surface area contributed by atoms with Crippen LogP contribution in [0.4, 0.5) is 5.69 Å². The first-order valence-corrected chi connectivity index (χ1v) is 9.98. The monoisotopic (exact) mass is 464 g/mol. The molecule has 8 heteroatoms. The van der Waals surface area contributed by atoms with Gasteiger partial charge in [-0.3, -0.25) is 10.1 Å². The Balaban J connectivity index is 1.60. The van der Waals surface area contributed by atoms with E-state index in [-0.39, 0.29) is 5.11 Å². The Morgan fingerprint density at radius 1 is 1.07 bits per heavy atom. The van der Waals surface area contributed by atoms with Crippen LogP contribution in [0.15, 0.2) is 59.0 Å². The zero-order chi connectivity index (χ0) is 21.0. The van der Waals surface area contributed by atoms with E-state index in [1.54, 1.807) is 30.3 Å². The van der Waals surface area contributed by atoms with Gasteiger partial charge in [0.05, 0.1) is 15.7 Å². The minimum atomic E-state index is -0.419. The molecule has 2 N–H and O–H groups in total. The first kappa shape index (κ1) is 21.4. The van der Waals surface area contributed by atoms with Crippen LogP contribution in [0.1, 0.15) is 11.3 Å². The number of aryl methyl sites for hydroxylation is 1. The summed E-state index contributed by atoms with van der Waals surface area (Å²) < 4.78 is 5.74. The molecule has 3 rings (SSSR count). The molecular weight excluding hydrogens is 451 g/mol. The molecule has 0 aliphatic heterocycles. The van der Waals surface area contributed by atoms with Crippen LogP contribution in [-0.2, 0) is 4.79 Å². The van der Waals surface area contributed by atoms with Gasteiger partial charge in [0.25, 0.3) is 0 Å². The lowest BCUT2D eigenvalue weighted by Crippen LogP contribution is -2.32. The highest BCUT2D eigenvalue weighted by molar-refractivity contribution is 7.80. The normalized spacial score (nSPS) is 10.9. The van der Waals surface area contributed by atoms with Crippen molar-refractivity contribution in [3.05, 3.63) is 81.0 Å². The molecule has 0 bridgehead atoms. The molecule has 4 nitrogen and oxygen atoms in total. The van der Waals surface area contributed by atoms with Crippen LogP contribution >= 0.6 is 47.0 Å². The molecule has 1 heterocycles. The maximum atomic E-state index is 12.1. The summed E-state index contributed by atoms with van der Waals surface area (Å²) in [5.74, 6) is 0.750. The quantitative estimate of drug-likeness (QED) is 0.331. The van der Waals surface area contributed by atoms with E-state index >= 15 is 0 Å². The number of amides is 1. The molecule has 0 aliphatic rings. The number of carbonyl (C=O) groups excluding carboxylic acids is 1. The second kappa shape index (κ2) is 9.46. The zero-order valence-corrected chi connectivity index (χ0v) is 18.2. The average molecular weight is 466 g/mol. The van der Waals surface area contributed by atoms with E-state index in [9.17, 15) is 4.79 Å². The number of halogens is 3. The van der Waals surface area contributed by atoms with Crippen molar-refractivity contribution in [3.63, 3.8) is 0 Å². The van der Waals surface area contributed by atoms with E-state index in [1.165, 1.54) is 6.08 Å². The van der Waals surface area contributed by atoms with Crippen LogP contribution < -0.4 is 10.6 Å². The smallest absolute Gasteiger partial charge is 0.250 e. The fourth-order valence-electron chi connectivity index (χ4n) is 2.41. The number of carbonyl (C=O) groups is 1. The van der Waals surface area contributed by atoms with Crippen molar-refractivity contribution in [2.24, 2.45) is 0 Å². The van der Waals surface area contributed by atoms with Crippen molar-refractivity contribution in [3.8, 4) is 11.3 Å². The largest absolute Gasteiger partial charge is 0.457 e. The Morgan fingerprint density at radius 2 is 1.86 bits per heavy atom. The molecule has 0 spiro atoms. The van der Waals surface area contributed by atoms with E-state index in [4.69, 9.17) is 51.4 Å². The lowest BCUT2D eigenvalue weighted by atomic mass is 10.1. The van der Waals surface area contributed by atoms with Gasteiger partial charge in [0.2, 0.25) is 5.91 Å². The van der Waals surface area contributed by atoms with E-state index in [2.05, 4.69) is 10.6 Å². The molecule has 0 saturated carbocycles. The zero-order valence-electron chi connectivity index (χ0n) is 15.1. The molecule has 0 unspecified atom stereocenters. The number of rotatable bonds is 4. The van der Waals surface area contributed by atoms with Gasteiger partial charge in [-0.1, -0.05) is 53.0 Å². The topological polar surface area (TPSA) is 54.3 Å². The SMILES string of the molecule is Cc1ccc(-c2ccc(/C=C/C(=O)NC(=S)Nc3cccc(Cl)c3Cl)o2)cc1Cl. The Kier molecular flexibility index (Phi) is 6.98. The molecule has 29 heavy (non-hydrogen) atoms. The highest BCUT2D eigenvalue weighted by atomic mass is 35.5. The summed E-state index contributed by atoms with van der Waals surface area (Å²) in [6.07, 6.45) is 2.86. The van der Waals surface area contributed by atoms with Crippen LogP contribution in [0.2, 0.25) is 15.1 Å². The molecule has 0 atom stereocenters. The Labute approximate surface area is 188 Å². The van der Waals surface area contributed by atoms with Gasteiger partial charge in [-0.2, -0.15) is 0 Å². The van der Waals surface area contributed by atoms with Crippen LogP contribution in [-0.4, -0.2) is 11.0 Å². The Morgan fingerprint density at radius 3 is 2.62 bits per heavy atom. The molecular formula is C21H15Cl3N2O2S. The Hall–Kier alpha value is -2.31. The number of anilines is 1. The number of nitrogens with one attached hydrogen (secondary N) is 2. The van der Waals surface area contributed by atoms with Crippen molar-refractivity contribution in [2.45, 2.75) is 6.92 Å². The first-order valence-electron chi connectivity index (χ1n) is 8.44. The number of benzene rings is 2. The molecule has 0 radical (unpaired) electrons. The highest BCUT2D eigenvalue weighted by Crippen LogP contribution is 2.29. The number of furan rings is 1. The van der Waals surface area contributed by atoms with Gasteiger partial charge in [-0.05, 0) is 61.1 Å².